The van der Waals surface area contributed by atoms with Crippen LogP contribution in [-0.2, 0) is 17.9 Å². The quantitative estimate of drug-likeness (QED) is 0.305. The van der Waals surface area contributed by atoms with E-state index in [0.717, 1.165) is 16.6 Å². The number of para-hydroxylation sites is 2. The predicted octanol–water partition coefficient (Wildman–Crippen LogP) is 4.68. The van der Waals surface area contributed by atoms with Crippen LogP contribution in [0.1, 0.15) is 29.7 Å². The molecule has 5 rings (SSSR count). The molecule has 4 N–H and O–H groups in total. The number of fused-ring (bicyclic) bond motifs is 1. The van der Waals surface area contributed by atoms with Gasteiger partial charge in [0.05, 0.1) is 12.2 Å². The number of nitrogens with one attached hydrogen (secondary N) is 3. The van der Waals surface area contributed by atoms with Crippen molar-refractivity contribution in [2.75, 3.05) is 5.32 Å². The van der Waals surface area contributed by atoms with Crippen LogP contribution in [0.2, 0.25) is 5.02 Å². The molecule has 4 aromatic rings. The average Bonchev–Trinajstić information content (AvgIpc) is 3.29. The van der Waals surface area contributed by atoms with E-state index in [9.17, 15) is 9.90 Å². The number of carbonyl (C=O) groups excluding carboxylic acids is 1. The number of aromatic nitrogens is 1. The minimum Gasteiger partial charge on any atom is -0.423 e. The van der Waals surface area contributed by atoms with Crippen molar-refractivity contribution in [3.05, 3.63) is 106 Å². The third-order valence-corrected chi connectivity index (χ3v) is 6.28. The van der Waals surface area contributed by atoms with Crippen LogP contribution in [0.15, 0.2) is 93.5 Å². The van der Waals surface area contributed by atoms with E-state index in [4.69, 9.17) is 21.0 Å². The smallest absolute Gasteiger partial charge is 0.302 e. The number of halogens is 1. The van der Waals surface area contributed by atoms with Gasteiger partial charge in [0.25, 0.3) is 5.91 Å². The first-order valence-corrected chi connectivity index (χ1v) is 11.8. The normalized spacial score (nSPS) is 15.4. The minimum absolute atomic E-state index is 0.104. The molecule has 1 atom stereocenters. The molecular formula is C27H24ClN5O3. The first kappa shape index (κ1) is 23.6. The lowest BCUT2D eigenvalue weighted by Crippen LogP contribution is -2.39. The molecule has 182 valence electrons. The number of carbonyl (C=O) groups is 1. The van der Waals surface area contributed by atoms with Crippen molar-refractivity contribution in [2.45, 2.75) is 26.1 Å². The van der Waals surface area contributed by atoms with Crippen LogP contribution in [0.4, 0.5) is 6.01 Å². The number of aliphatic imine (C=N–C) groups is 1. The van der Waals surface area contributed by atoms with Gasteiger partial charge < -0.3 is 20.2 Å². The van der Waals surface area contributed by atoms with Gasteiger partial charge in [-0.05, 0) is 36.2 Å². The first-order chi connectivity index (χ1) is 17.5. The summed E-state index contributed by atoms with van der Waals surface area (Å²) in [5, 5.41) is 19.3. The fraction of sp³-hybridized carbons (Fsp3) is 0.148. The van der Waals surface area contributed by atoms with Gasteiger partial charge in [-0.2, -0.15) is 4.98 Å². The van der Waals surface area contributed by atoms with Crippen molar-refractivity contribution in [1.82, 2.24) is 15.6 Å². The zero-order chi connectivity index (χ0) is 25.1. The molecule has 0 saturated heterocycles. The zero-order valence-corrected chi connectivity index (χ0v) is 20.2. The minimum atomic E-state index is -0.667. The predicted molar refractivity (Wildman–Crippen MR) is 139 cm³/mol. The van der Waals surface area contributed by atoms with Crippen LogP contribution < -0.4 is 16.0 Å². The van der Waals surface area contributed by atoms with Gasteiger partial charge in [-0.25, -0.2) is 4.99 Å². The summed E-state index contributed by atoms with van der Waals surface area (Å²) in [4.78, 5) is 22.6. The van der Waals surface area contributed by atoms with Gasteiger partial charge in [0.15, 0.2) is 5.58 Å². The van der Waals surface area contributed by atoms with Crippen molar-refractivity contribution in [2.24, 2.45) is 4.99 Å². The molecule has 1 amide bonds. The molecule has 1 aliphatic rings. The second-order valence-corrected chi connectivity index (χ2v) is 8.69. The van der Waals surface area contributed by atoms with Gasteiger partial charge in [-0.3, -0.25) is 10.1 Å². The maximum absolute atomic E-state index is 13.4. The summed E-state index contributed by atoms with van der Waals surface area (Å²) >= 11 is 6.53. The lowest BCUT2D eigenvalue weighted by atomic mass is 9.95. The molecule has 3 aromatic carbocycles. The fourth-order valence-electron chi connectivity index (χ4n) is 4.14. The second-order valence-electron chi connectivity index (χ2n) is 8.29. The van der Waals surface area contributed by atoms with Crippen LogP contribution in [0.5, 0.6) is 0 Å². The molecule has 1 unspecified atom stereocenters. The van der Waals surface area contributed by atoms with Crippen LogP contribution >= 0.6 is 11.6 Å². The highest BCUT2D eigenvalue weighted by Crippen LogP contribution is 2.35. The number of allylic oxidation sites excluding steroid dienone is 1. The lowest BCUT2D eigenvalue weighted by Gasteiger charge is -2.27. The van der Waals surface area contributed by atoms with Gasteiger partial charge in [-0.15, -0.1) is 0 Å². The molecule has 0 spiro atoms. The number of guanidine groups is 1. The van der Waals surface area contributed by atoms with Gasteiger partial charge in [0.1, 0.15) is 11.6 Å². The van der Waals surface area contributed by atoms with Crippen molar-refractivity contribution >= 4 is 40.6 Å². The highest BCUT2D eigenvalue weighted by Gasteiger charge is 2.31. The highest BCUT2D eigenvalue weighted by atomic mass is 35.5. The molecule has 0 aliphatic carbocycles. The third kappa shape index (κ3) is 4.82. The number of hydrogen-bond donors (Lipinski definition) is 4. The lowest BCUT2D eigenvalue weighted by molar-refractivity contribution is -0.118. The monoisotopic (exact) mass is 501 g/mol. The summed E-state index contributed by atoms with van der Waals surface area (Å²) in [6, 6.07) is 21.8. The number of aliphatic hydroxyl groups is 1. The van der Waals surface area contributed by atoms with E-state index in [1.54, 1.807) is 6.07 Å². The summed E-state index contributed by atoms with van der Waals surface area (Å²) in [5.41, 5.74) is 4.71. The van der Waals surface area contributed by atoms with Crippen molar-refractivity contribution in [3.63, 3.8) is 0 Å². The van der Waals surface area contributed by atoms with E-state index in [1.807, 2.05) is 73.7 Å². The fourth-order valence-corrected chi connectivity index (χ4v) is 4.38. The van der Waals surface area contributed by atoms with Crippen LogP contribution in [0.3, 0.4) is 0 Å². The number of hydrogen-bond acceptors (Lipinski definition) is 7. The molecule has 0 fully saturated rings. The molecule has 2 heterocycles. The Bertz CT molecular complexity index is 1460. The van der Waals surface area contributed by atoms with Crippen LogP contribution in [0, 0.1) is 0 Å². The Hall–Kier alpha value is -4.14. The molecule has 1 aromatic heterocycles. The second kappa shape index (κ2) is 10.2. The molecule has 36 heavy (non-hydrogen) atoms. The number of anilines is 1. The summed E-state index contributed by atoms with van der Waals surface area (Å²) < 4.78 is 5.77. The summed E-state index contributed by atoms with van der Waals surface area (Å²) in [6.45, 7) is 1.97. The summed E-state index contributed by atoms with van der Waals surface area (Å²) in [7, 11) is 0. The Kier molecular flexibility index (Phi) is 6.71. The third-order valence-electron chi connectivity index (χ3n) is 5.93. The van der Waals surface area contributed by atoms with Crippen molar-refractivity contribution in [3.8, 4) is 0 Å². The van der Waals surface area contributed by atoms with E-state index < -0.39 is 6.04 Å². The molecular weight excluding hydrogens is 478 g/mol. The Morgan fingerprint density at radius 2 is 1.78 bits per heavy atom. The standard InChI is InChI=1S/C27H24ClN5O3/c1-16-23(25(35)29-14-17-8-2-3-9-18(17)15-34)24(19-10-4-5-11-20(19)28)32-26(30-16)33-27-31-21-12-6-7-13-22(21)36-27/h2-13,24,34H,14-15H2,1H3,(H,29,35)(H2,30,31,32,33). The molecule has 1 aliphatic heterocycles. The summed E-state index contributed by atoms with van der Waals surface area (Å²) in [5.74, 6) is 0.0912. The van der Waals surface area contributed by atoms with Gasteiger partial charge >= 0.3 is 6.01 Å². The van der Waals surface area contributed by atoms with Gasteiger partial charge in [0, 0.05) is 22.8 Å². The highest BCUT2D eigenvalue weighted by molar-refractivity contribution is 6.31. The maximum Gasteiger partial charge on any atom is 0.302 e. The van der Waals surface area contributed by atoms with E-state index in [0.29, 0.717) is 33.4 Å². The van der Waals surface area contributed by atoms with E-state index in [-0.39, 0.29) is 25.1 Å². The van der Waals surface area contributed by atoms with E-state index in [2.05, 4.69) is 20.9 Å². The number of rotatable bonds is 6. The van der Waals surface area contributed by atoms with E-state index >= 15 is 0 Å². The first-order valence-electron chi connectivity index (χ1n) is 11.4. The molecule has 9 heteroatoms. The number of benzene rings is 3. The number of nitrogens with zero attached hydrogens (tertiary/aromatic N) is 2. The zero-order valence-electron chi connectivity index (χ0n) is 19.5. The Morgan fingerprint density at radius 3 is 2.56 bits per heavy atom. The van der Waals surface area contributed by atoms with Crippen LogP contribution in [-0.4, -0.2) is 22.0 Å². The van der Waals surface area contributed by atoms with Crippen molar-refractivity contribution in [1.29, 1.82) is 0 Å². The molecule has 0 bridgehead atoms. The maximum atomic E-state index is 13.4. The van der Waals surface area contributed by atoms with Crippen molar-refractivity contribution < 1.29 is 14.3 Å². The SMILES string of the molecule is CC1=C(C(=O)NCc2ccccc2CO)C(c2ccccc2Cl)N=C(Nc2nc3ccccc3o2)N1. The average molecular weight is 502 g/mol. The van der Waals surface area contributed by atoms with Gasteiger partial charge in [-0.1, -0.05) is 66.2 Å². The Morgan fingerprint density at radius 1 is 1.06 bits per heavy atom. The number of aliphatic hydroxyl groups excluding tert-OH is 1. The number of oxazole rings is 1. The molecule has 0 saturated carbocycles. The molecule has 0 radical (unpaired) electrons. The Labute approximate surface area is 212 Å². The molecule has 8 nitrogen and oxygen atoms in total. The summed E-state index contributed by atoms with van der Waals surface area (Å²) in [6.07, 6.45) is 0. The largest absolute Gasteiger partial charge is 0.423 e. The Balaban J connectivity index is 1.44. The number of amides is 1. The van der Waals surface area contributed by atoms with Crippen LogP contribution in [0.25, 0.3) is 11.1 Å². The topological polar surface area (TPSA) is 112 Å². The van der Waals surface area contributed by atoms with E-state index in [1.165, 1.54) is 0 Å². The van der Waals surface area contributed by atoms with Gasteiger partial charge in [0.2, 0.25) is 5.96 Å².